The van der Waals surface area contributed by atoms with Gasteiger partial charge in [-0.05, 0) is 49.9 Å². The summed E-state index contributed by atoms with van der Waals surface area (Å²) in [5.74, 6) is 0.857. The Kier molecular flexibility index (Phi) is 7.15. The normalized spacial score (nSPS) is 19.6. The molecule has 0 fully saturated rings. The van der Waals surface area contributed by atoms with Gasteiger partial charge >= 0.3 is 5.97 Å². The molecule has 0 aromatic heterocycles. The van der Waals surface area contributed by atoms with Gasteiger partial charge in [0.1, 0.15) is 17.2 Å². The fourth-order valence-electron chi connectivity index (χ4n) is 5.02. The number of hydrogen-bond donors (Lipinski definition) is 1. The number of carbonyl (C=O) groups is 2. The first-order valence-electron chi connectivity index (χ1n) is 11.7. The fraction of sp³-hybridized carbons (Fsp3) is 0.357. The highest BCUT2D eigenvalue weighted by atomic mass is 16.5. The number of ketones is 1. The van der Waals surface area contributed by atoms with Gasteiger partial charge in [-0.25, -0.2) is 4.79 Å². The Morgan fingerprint density at radius 2 is 1.74 bits per heavy atom. The lowest BCUT2D eigenvalue weighted by molar-refractivity contribution is -0.138. The number of methoxy groups -OCH3 is 3. The van der Waals surface area contributed by atoms with Crippen LogP contribution in [0.5, 0.6) is 17.2 Å². The number of rotatable bonds is 7. The highest BCUT2D eigenvalue weighted by Crippen LogP contribution is 2.48. The van der Waals surface area contributed by atoms with Crippen LogP contribution in [0.2, 0.25) is 0 Å². The molecule has 0 amide bonds. The van der Waals surface area contributed by atoms with E-state index < -0.39 is 11.9 Å². The summed E-state index contributed by atoms with van der Waals surface area (Å²) in [5.41, 5.74) is 4.26. The van der Waals surface area contributed by atoms with Crippen molar-refractivity contribution in [2.24, 2.45) is 0 Å². The third kappa shape index (κ3) is 4.63. The maximum absolute atomic E-state index is 13.7. The Hall–Kier alpha value is -3.74. The van der Waals surface area contributed by atoms with E-state index in [0.29, 0.717) is 41.2 Å². The van der Waals surface area contributed by atoms with Gasteiger partial charge < -0.3 is 24.3 Å². The SMILES string of the molecule is CCOC(=O)C1=C(C)NC2=C(C(=O)C[C@H](c3cccc(OC)c3)C2)[C@@H]1c1ccc(OC)cc1OC. The van der Waals surface area contributed by atoms with Crippen molar-refractivity contribution in [2.75, 3.05) is 27.9 Å². The minimum Gasteiger partial charge on any atom is -0.497 e. The van der Waals surface area contributed by atoms with E-state index >= 15 is 0 Å². The van der Waals surface area contributed by atoms with Crippen molar-refractivity contribution in [3.8, 4) is 17.2 Å². The first kappa shape index (κ1) is 24.4. The van der Waals surface area contributed by atoms with Crippen molar-refractivity contribution >= 4 is 11.8 Å². The number of dihydropyridines is 1. The van der Waals surface area contributed by atoms with Crippen LogP contribution in [0.3, 0.4) is 0 Å². The Bertz CT molecular complexity index is 1210. The smallest absolute Gasteiger partial charge is 0.336 e. The maximum Gasteiger partial charge on any atom is 0.336 e. The van der Waals surface area contributed by atoms with E-state index in [1.807, 2.05) is 43.3 Å². The molecule has 35 heavy (non-hydrogen) atoms. The number of carbonyl (C=O) groups excluding carboxylic acids is 2. The van der Waals surface area contributed by atoms with Crippen LogP contribution in [0.15, 0.2) is 65.0 Å². The summed E-state index contributed by atoms with van der Waals surface area (Å²) < 4.78 is 21.8. The van der Waals surface area contributed by atoms with Gasteiger partial charge in [-0.3, -0.25) is 4.79 Å². The van der Waals surface area contributed by atoms with Crippen molar-refractivity contribution in [1.29, 1.82) is 0 Å². The van der Waals surface area contributed by atoms with Crippen LogP contribution in [0.4, 0.5) is 0 Å². The summed E-state index contributed by atoms with van der Waals surface area (Å²) in [6.07, 6.45) is 0.967. The van der Waals surface area contributed by atoms with Gasteiger partial charge in [0.05, 0.1) is 39.4 Å². The van der Waals surface area contributed by atoms with Gasteiger partial charge in [-0.1, -0.05) is 18.2 Å². The lowest BCUT2D eigenvalue weighted by atomic mass is 9.71. The monoisotopic (exact) mass is 477 g/mol. The molecule has 1 N–H and O–H groups in total. The molecule has 2 aromatic rings. The molecule has 0 unspecified atom stereocenters. The van der Waals surface area contributed by atoms with Crippen LogP contribution in [0, 0.1) is 0 Å². The molecule has 2 atom stereocenters. The molecule has 184 valence electrons. The first-order chi connectivity index (χ1) is 16.9. The molecule has 1 heterocycles. The maximum atomic E-state index is 13.7. The zero-order chi connectivity index (χ0) is 25.1. The van der Waals surface area contributed by atoms with Gasteiger partial charge in [-0.15, -0.1) is 0 Å². The predicted molar refractivity (Wildman–Crippen MR) is 132 cm³/mol. The molecule has 0 radical (unpaired) electrons. The van der Waals surface area contributed by atoms with Gasteiger partial charge in [-0.2, -0.15) is 0 Å². The van der Waals surface area contributed by atoms with Crippen LogP contribution in [0.25, 0.3) is 0 Å². The average molecular weight is 478 g/mol. The third-order valence-electron chi connectivity index (χ3n) is 6.64. The van der Waals surface area contributed by atoms with E-state index in [1.54, 1.807) is 34.3 Å². The molecular formula is C28H31NO6. The van der Waals surface area contributed by atoms with Crippen molar-refractivity contribution in [3.63, 3.8) is 0 Å². The quantitative estimate of drug-likeness (QED) is 0.582. The lowest BCUT2D eigenvalue weighted by Crippen LogP contribution is -2.36. The van der Waals surface area contributed by atoms with Crippen molar-refractivity contribution in [1.82, 2.24) is 5.32 Å². The standard InChI is InChI=1S/C28H31NO6/c1-6-35-28(31)25-16(2)29-22-13-18(17-8-7-9-19(12-17)32-3)14-23(30)27(22)26(25)21-11-10-20(33-4)15-24(21)34-5/h7-12,15,18,26,29H,6,13-14H2,1-5H3/t18-,26-/m1/s1. The molecule has 4 rings (SSSR count). The molecular weight excluding hydrogens is 446 g/mol. The highest BCUT2D eigenvalue weighted by Gasteiger charge is 2.42. The Balaban J connectivity index is 1.84. The zero-order valence-electron chi connectivity index (χ0n) is 20.8. The third-order valence-corrected chi connectivity index (χ3v) is 6.64. The van der Waals surface area contributed by atoms with Crippen LogP contribution >= 0.6 is 0 Å². The van der Waals surface area contributed by atoms with E-state index in [1.165, 1.54) is 0 Å². The number of nitrogens with one attached hydrogen (secondary N) is 1. The Labute approximate surface area is 205 Å². The molecule has 0 saturated carbocycles. The molecule has 2 aliphatic rings. The van der Waals surface area contributed by atoms with Gasteiger partial charge in [0, 0.05) is 35.0 Å². The first-order valence-corrected chi connectivity index (χ1v) is 11.7. The van der Waals surface area contributed by atoms with Gasteiger partial charge in [0.2, 0.25) is 0 Å². The second-order valence-corrected chi connectivity index (χ2v) is 8.62. The minimum absolute atomic E-state index is 0.000735. The van der Waals surface area contributed by atoms with E-state index in [9.17, 15) is 9.59 Å². The van der Waals surface area contributed by atoms with E-state index in [2.05, 4.69) is 5.32 Å². The van der Waals surface area contributed by atoms with E-state index in [-0.39, 0.29) is 18.3 Å². The minimum atomic E-state index is -0.607. The summed E-state index contributed by atoms with van der Waals surface area (Å²) in [7, 11) is 4.78. The number of hydrogen-bond acceptors (Lipinski definition) is 7. The second kappa shape index (κ2) is 10.3. The number of Topliss-reactive ketones (excluding diaryl/α,β-unsaturated/α-hetero) is 1. The predicted octanol–water partition coefficient (Wildman–Crippen LogP) is 4.64. The van der Waals surface area contributed by atoms with Crippen molar-refractivity contribution < 1.29 is 28.5 Å². The number of benzene rings is 2. The van der Waals surface area contributed by atoms with Crippen LogP contribution in [-0.4, -0.2) is 39.7 Å². The van der Waals surface area contributed by atoms with Gasteiger partial charge in [0.15, 0.2) is 5.78 Å². The van der Waals surface area contributed by atoms with Crippen molar-refractivity contribution in [3.05, 3.63) is 76.1 Å². The summed E-state index contributed by atoms with van der Waals surface area (Å²) in [5, 5.41) is 3.37. The molecule has 1 aliphatic heterocycles. The van der Waals surface area contributed by atoms with E-state index in [4.69, 9.17) is 18.9 Å². The summed E-state index contributed by atoms with van der Waals surface area (Å²) in [4.78, 5) is 26.9. The molecule has 7 heteroatoms. The molecule has 0 spiro atoms. The van der Waals surface area contributed by atoms with Gasteiger partial charge in [0.25, 0.3) is 0 Å². The van der Waals surface area contributed by atoms with Crippen molar-refractivity contribution in [2.45, 2.75) is 38.5 Å². The summed E-state index contributed by atoms with van der Waals surface area (Å²) in [6, 6.07) is 13.3. The Morgan fingerprint density at radius 1 is 1.00 bits per heavy atom. The number of allylic oxidation sites excluding steroid dienone is 3. The van der Waals surface area contributed by atoms with Crippen LogP contribution in [0.1, 0.15) is 49.7 Å². The topological polar surface area (TPSA) is 83.1 Å². The Morgan fingerprint density at radius 3 is 2.43 bits per heavy atom. The molecule has 0 saturated heterocycles. The highest BCUT2D eigenvalue weighted by molar-refractivity contribution is 6.04. The van der Waals surface area contributed by atoms with E-state index in [0.717, 1.165) is 22.6 Å². The van der Waals surface area contributed by atoms with Crippen LogP contribution < -0.4 is 19.5 Å². The molecule has 7 nitrogen and oxygen atoms in total. The molecule has 1 aliphatic carbocycles. The fourth-order valence-corrected chi connectivity index (χ4v) is 5.02. The molecule has 2 aromatic carbocycles. The summed E-state index contributed by atoms with van der Waals surface area (Å²) >= 11 is 0. The second-order valence-electron chi connectivity index (χ2n) is 8.62. The number of ether oxygens (including phenoxy) is 4. The number of esters is 1. The zero-order valence-corrected chi connectivity index (χ0v) is 20.8. The summed E-state index contributed by atoms with van der Waals surface area (Å²) in [6.45, 7) is 3.85. The average Bonchev–Trinajstić information content (AvgIpc) is 2.87. The largest absolute Gasteiger partial charge is 0.497 e. The lowest BCUT2D eigenvalue weighted by Gasteiger charge is -2.37. The molecule has 0 bridgehead atoms. The van der Waals surface area contributed by atoms with Crippen LogP contribution in [-0.2, 0) is 14.3 Å².